The van der Waals surface area contributed by atoms with Crippen molar-refractivity contribution in [1.29, 1.82) is 0 Å². The molecule has 6 nitrogen and oxygen atoms in total. The molecule has 1 aromatic rings. The van der Waals surface area contributed by atoms with Crippen LogP contribution in [0.5, 0.6) is 0 Å². The Balaban J connectivity index is 2.07. The van der Waals surface area contributed by atoms with E-state index in [1.807, 2.05) is 6.92 Å². The molecule has 0 unspecified atom stereocenters. The first-order valence-electron chi connectivity index (χ1n) is 6.01. The predicted molar refractivity (Wildman–Crippen MR) is 72.0 cm³/mol. The first-order chi connectivity index (χ1) is 9.40. The molecule has 1 aromatic carbocycles. The smallest absolute Gasteiger partial charge is 0.257 e. The predicted octanol–water partition coefficient (Wildman–Crippen LogP) is 0.594. The van der Waals surface area contributed by atoms with Gasteiger partial charge in [-0.15, -0.1) is 4.83 Å². The number of carbonyl (C=O) groups excluding carboxylic acids is 2. The van der Waals surface area contributed by atoms with Gasteiger partial charge in [0.05, 0.1) is 10.5 Å². The van der Waals surface area contributed by atoms with Gasteiger partial charge in [-0.2, -0.15) is 0 Å². The number of nitrogens with one attached hydrogen (secondary N) is 2. The van der Waals surface area contributed by atoms with E-state index in [4.69, 9.17) is 0 Å². The highest BCUT2D eigenvalue weighted by Gasteiger charge is 2.25. The summed E-state index contributed by atoms with van der Waals surface area (Å²) in [7, 11) is -3.73. The maximum absolute atomic E-state index is 11.9. The number of benzene rings is 1. The van der Waals surface area contributed by atoms with Gasteiger partial charge >= 0.3 is 0 Å². The Hall–Kier alpha value is -1.99. The van der Waals surface area contributed by atoms with E-state index in [1.165, 1.54) is 12.1 Å². The molecular weight excluding hydrogens is 280 g/mol. The lowest BCUT2D eigenvalue weighted by molar-refractivity contribution is -0.116. The monoisotopic (exact) mass is 294 g/mol. The first kappa shape index (κ1) is 14.4. The van der Waals surface area contributed by atoms with Crippen molar-refractivity contribution in [2.24, 2.45) is 0 Å². The van der Waals surface area contributed by atoms with E-state index < -0.39 is 10.0 Å². The number of hydrazine groups is 1. The lowest BCUT2D eigenvalue weighted by Gasteiger charge is -2.06. The van der Waals surface area contributed by atoms with Crippen LogP contribution < -0.4 is 10.3 Å². The molecule has 0 atom stereocenters. The normalized spacial score (nSPS) is 15.6. The standard InChI is InChI=1S/C13H14N2O4S/c1-9-2-4-10(5-3-9)20(18,19)15-14-8-11-12(16)6-7-13(11)17/h2-5,8,14-15H,6-7H2,1H3. The molecule has 0 spiro atoms. The number of Topliss-reactive ketones (excluding diaryl/α,β-unsaturated/α-hetero) is 2. The van der Waals surface area contributed by atoms with Crippen LogP contribution in [0.4, 0.5) is 0 Å². The minimum atomic E-state index is -3.73. The van der Waals surface area contributed by atoms with Gasteiger partial charge in [0.25, 0.3) is 10.0 Å². The van der Waals surface area contributed by atoms with Crippen molar-refractivity contribution in [3.8, 4) is 0 Å². The Labute approximate surface area is 116 Å². The zero-order valence-electron chi connectivity index (χ0n) is 10.8. The molecule has 7 heteroatoms. The van der Waals surface area contributed by atoms with Gasteiger partial charge in [0.15, 0.2) is 11.6 Å². The van der Waals surface area contributed by atoms with E-state index in [1.54, 1.807) is 12.1 Å². The molecule has 0 amide bonds. The molecule has 0 aliphatic heterocycles. The summed E-state index contributed by atoms with van der Waals surface area (Å²) in [6.07, 6.45) is 1.46. The lowest BCUT2D eigenvalue weighted by atomic mass is 10.2. The van der Waals surface area contributed by atoms with Crippen LogP contribution in [-0.2, 0) is 19.6 Å². The number of hydrogen-bond donors (Lipinski definition) is 2. The zero-order valence-corrected chi connectivity index (χ0v) is 11.7. The maximum Gasteiger partial charge on any atom is 0.257 e. The molecule has 1 aliphatic carbocycles. The lowest BCUT2D eigenvalue weighted by Crippen LogP contribution is -2.34. The summed E-state index contributed by atoms with van der Waals surface area (Å²) in [4.78, 5) is 24.9. The highest BCUT2D eigenvalue weighted by molar-refractivity contribution is 7.89. The minimum Gasteiger partial charge on any atom is -0.314 e. The molecule has 0 bridgehead atoms. The highest BCUT2D eigenvalue weighted by atomic mass is 32.2. The fourth-order valence-corrected chi connectivity index (χ4v) is 2.59. The van der Waals surface area contributed by atoms with Crippen LogP contribution in [0.3, 0.4) is 0 Å². The average molecular weight is 294 g/mol. The van der Waals surface area contributed by atoms with Crippen molar-refractivity contribution < 1.29 is 18.0 Å². The number of aryl methyl sites for hydroxylation is 1. The van der Waals surface area contributed by atoms with Crippen molar-refractivity contribution in [2.45, 2.75) is 24.7 Å². The van der Waals surface area contributed by atoms with E-state index in [2.05, 4.69) is 10.3 Å². The van der Waals surface area contributed by atoms with Gasteiger partial charge in [-0.25, -0.2) is 8.42 Å². The third-order valence-electron chi connectivity index (χ3n) is 2.92. The molecule has 2 N–H and O–H groups in total. The van der Waals surface area contributed by atoms with Gasteiger partial charge in [-0.1, -0.05) is 17.7 Å². The number of allylic oxidation sites excluding steroid dienone is 1. The van der Waals surface area contributed by atoms with Gasteiger partial charge in [-0.05, 0) is 19.1 Å². The Morgan fingerprint density at radius 2 is 1.60 bits per heavy atom. The van der Waals surface area contributed by atoms with Crippen LogP contribution in [0.1, 0.15) is 18.4 Å². The fourth-order valence-electron chi connectivity index (χ4n) is 1.77. The molecular formula is C13H14N2O4S. The van der Waals surface area contributed by atoms with E-state index in [9.17, 15) is 18.0 Å². The maximum atomic E-state index is 11.9. The number of ketones is 2. The summed E-state index contributed by atoms with van der Waals surface area (Å²) in [6.45, 7) is 1.85. The Bertz CT molecular complexity index is 657. The number of hydrogen-bond acceptors (Lipinski definition) is 5. The van der Waals surface area contributed by atoms with Crippen molar-refractivity contribution in [3.05, 3.63) is 41.6 Å². The van der Waals surface area contributed by atoms with Crippen LogP contribution in [0.2, 0.25) is 0 Å². The summed E-state index contributed by atoms with van der Waals surface area (Å²) in [5.41, 5.74) is 3.24. The Morgan fingerprint density at radius 1 is 1.05 bits per heavy atom. The van der Waals surface area contributed by atoms with Crippen LogP contribution in [-0.4, -0.2) is 20.0 Å². The first-order valence-corrected chi connectivity index (χ1v) is 7.49. The van der Waals surface area contributed by atoms with Gasteiger partial charge < -0.3 is 5.43 Å². The summed E-state index contributed by atoms with van der Waals surface area (Å²) in [5.74, 6) is -0.561. The second kappa shape index (κ2) is 5.56. The second-order valence-electron chi connectivity index (χ2n) is 4.47. The average Bonchev–Trinajstić information content (AvgIpc) is 2.71. The summed E-state index contributed by atoms with van der Waals surface area (Å²) in [6, 6.07) is 6.30. The Morgan fingerprint density at radius 3 is 2.15 bits per heavy atom. The third kappa shape index (κ3) is 3.12. The van der Waals surface area contributed by atoms with E-state index >= 15 is 0 Å². The van der Waals surface area contributed by atoms with E-state index in [-0.39, 0.29) is 34.9 Å². The van der Waals surface area contributed by atoms with Gasteiger partial charge in [0.1, 0.15) is 0 Å². The van der Waals surface area contributed by atoms with Crippen LogP contribution >= 0.6 is 0 Å². The molecule has 1 aliphatic rings. The van der Waals surface area contributed by atoms with Crippen molar-refractivity contribution in [1.82, 2.24) is 10.3 Å². The van der Waals surface area contributed by atoms with E-state index in [0.717, 1.165) is 11.8 Å². The third-order valence-corrected chi connectivity index (χ3v) is 4.20. The quantitative estimate of drug-likeness (QED) is 0.482. The van der Waals surface area contributed by atoms with Crippen molar-refractivity contribution in [2.75, 3.05) is 0 Å². The topological polar surface area (TPSA) is 92.3 Å². The fraction of sp³-hybridized carbons (Fsp3) is 0.231. The van der Waals surface area contributed by atoms with Crippen LogP contribution in [0.25, 0.3) is 0 Å². The van der Waals surface area contributed by atoms with Gasteiger partial charge in [0, 0.05) is 19.0 Å². The van der Waals surface area contributed by atoms with Crippen molar-refractivity contribution >= 4 is 21.6 Å². The van der Waals surface area contributed by atoms with Crippen LogP contribution in [0.15, 0.2) is 40.9 Å². The van der Waals surface area contributed by atoms with E-state index in [0.29, 0.717) is 0 Å². The molecule has 0 heterocycles. The molecule has 0 radical (unpaired) electrons. The second-order valence-corrected chi connectivity index (χ2v) is 6.15. The molecule has 1 saturated carbocycles. The summed E-state index contributed by atoms with van der Waals surface area (Å²) < 4.78 is 23.8. The summed E-state index contributed by atoms with van der Waals surface area (Å²) in [5, 5.41) is 0. The molecule has 0 saturated heterocycles. The van der Waals surface area contributed by atoms with Gasteiger partial charge in [-0.3, -0.25) is 9.59 Å². The minimum absolute atomic E-state index is 0.00314. The van der Waals surface area contributed by atoms with Crippen molar-refractivity contribution in [3.63, 3.8) is 0 Å². The van der Waals surface area contributed by atoms with Gasteiger partial charge in [0.2, 0.25) is 0 Å². The number of sulfonamides is 1. The summed E-state index contributed by atoms with van der Waals surface area (Å²) >= 11 is 0. The molecule has 20 heavy (non-hydrogen) atoms. The SMILES string of the molecule is Cc1ccc(S(=O)(=O)NNC=C2C(=O)CCC2=O)cc1. The number of carbonyl (C=O) groups is 2. The number of rotatable bonds is 4. The Kier molecular flexibility index (Phi) is 4.01. The van der Waals surface area contributed by atoms with Crippen LogP contribution in [0, 0.1) is 6.92 Å². The largest absolute Gasteiger partial charge is 0.314 e. The molecule has 1 fully saturated rings. The highest BCUT2D eigenvalue weighted by Crippen LogP contribution is 2.15. The molecule has 0 aromatic heterocycles. The zero-order chi connectivity index (χ0) is 14.8. The molecule has 2 rings (SSSR count). The molecule has 106 valence electrons.